The minimum absolute atomic E-state index is 0.0530. The Labute approximate surface area is 166 Å². The minimum atomic E-state index is -0.819. The molecule has 0 aromatic heterocycles. The van der Waals surface area contributed by atoms with Crippen LogP contribution in [0.3, 0.4) is 0 Å². The molecule has 2 aromatic rings. The van der Waals surface area contributed by atoms with E-state index >= 15 is 0 Å². The predicted octanol–water partition coefficient (Wildman–Crippen LogP) is 5.34. The molecule has 4 nitrogen and oxygen atoms in total. The molecule has 0 aliphatic rings. The number of anilines is 1. The Morgan fingerprint density at radius 3 is 2.14 bits per heavy atom. The molecule has 0 unspecified atom stereocenters. The SMILES string of the molecule is CC(C)(CF)/C(=N/OCC(=O)Nc1ccc(C(C)(C)C)cc1)c1ccccc1. The van der Waals surface area contributed by atoms with Crippen LogP contribution >= 0.6 is 0 Å². The molecule has 0 saturated carbocycles. The number of halogens is 1. The van der Waals surface area contributed by atoms with Gasteiger partial charge in [0.1, 0.15) is 6.67 Å². The highest BCUT2D eigenvalue weighted by Crippen LogP contribution is 2.24. The van der Waals surface area contributed by atoms with Gasteiger partial charge in [-0.25, -0.2) is 0 Å². The molecule has 28 heavy (non-hydrogen) atoms. The van der Waals surface area contributed by atoms with Gasteiger partial charge in [-0.1, -0.05) is 82.2 Å². The average Bonchev–Trinajstić information content (AvgIpc) is 2.65. The van der Waals surface area contributed by atoms with Crippen molar-refractivity contribution in [2.24, 2.45) is 10.6 Å². The molecule has 0 radical (unpaired) electrons. The number of amides is 1. The van der Waals surface area contributed by atoms with Crippen molar-refractivity contribution in [2.75, 3.05) is 18.6 Å². The molecule has 0 bridgehead atoms. The van der Waals surface area contributed by atoms with Crippen LogP contribution in [0.5, 0.6) is 0 Å². The lowest BCUT2D eigenvalue weighted by Crippen LogP contribution is -2.28. The number of nitrogens with one attached hydrogen (secondary N) is 1. The van der Waals surface area contributed by atoms with Crippen molar-refractivity contribution in [1.29, 1.82) is 0 Å². The lowest BCUT2D eigenvalue weighted by Gasteiger charge is -2.22. The summed E-state index contributed by atoms with van der Waals surface area (Å²) < 4.78 is 13.5. The van der Waals surface area contributed by atoms with Gasteiger partial charge in [0, 0.05) is 11.1 Å². The molecule has 0 saturated heterocycles. The molecule has 5 heteroatoms. The zero-order valence-corrected chi connectivity index (χ0v) is 17.3. The Morgan fingerprint density at radius 1 is 1.00 bits per heavy atom. The first-order chi connectivity index (χ1) is 13.1. The van der Waals surface area contributed by atoms with Gasteiger partial charge in [-0.05, 0) is 28.7 Å². The molecule has 0 aliphatic heterocycles. The van der Waals surface area contributed by atoms with Crippen molar-refractivity contribution in [3.05, 3.63) is 65.7 Å². The lowest BCUT2D eigenvalue weighted by molar-refractivity contribution is -0.120. The molecule has 2 aromatic carbocycles. The summed E-state index contributed by atoms with van der Waals surface area (Å²) in [4.78, 5) is 17.4. The van der Waals surface area contributed by atoms with Gasteiger partial charge in [0.15, 0.2) is 6.61 Å². The summed E-state index contributed by atoms with van der Waals surface area (Å²) in [6.07, 6.45) is 0. The zero-order valence-electron chi connectivity index (χ0n) is 17.3. The maximum atomic E-state index is 13.5. The fourth-order valence-electron chi connectivity index (χ4n) is 2.63. The number of hydrogen-bond acceptors (Lipinski definition) is 3. The normalized spacial score (nSPS) is 12.6. The number of oxime groups is 1. The van der Waals surface area contributed by atoms with E-state index in [-0.39, 0.29) is 17.9 Å². The first-order valence-corrected chi connectivity index (χ1v) is 9.36. The molecule has 1 N–H and O–H groups in total. The summed E-state index contributed by atoms with van der Waals surface area (Å²) in [6.45, 7) is 9.06. The van der Waals surface area contributed by atoms with Gasteiger partial charge in [-0.3, -0.25) is 9.18 Å². The van der Waals surface area contributed by atoms with E-state index in [1.54, 1.807) is 13.8 Å². The van der Waals surface area contributed by atoms with E-state index < -0.39 is 12.1 Å². The first-order valence-electron chi connectivity index (χ1n) is 9.36. The third-order valence-electron chi connectivity index (χ3n) is 4.41. The van der Waals surface area contributed by atoms with Crippen LogP contribution in [0.1, 0.15) is 45.7 Å². The summed E-state index contributed by atoms with van der Waals surface area (Å²) in [5.74, 6) is -0.322. The molecular formula is C23H29FN2O2. The Bertz CT molecular complexity index is 807. The Morgan fingerprint density at radius 2 is 1.61 bits per heavy atom. The third-order valence-corrected chi connectivity index (χ3v) is 4.41. The van der Waals surface area contributed by atoms with E-state index in [1.807, 2.05) is 54.6 Å². The summed E-state index contributed by atoms with van der Waals surface area (Å²) in [7, 11) is 0. The molecular weight excluding hydrogens is 355 g/mol. The Kier molecular flexibility index (Phi) is 6.95. The molecule has 0 spiro atoms. The fraction of sp³-hybridized carbons (Fsp3) is 0.391. The van der Waals surface area contributed by atoms with Crippen LogP contribution < -0.4 is 5.32 Å². The van der Waals surface area contributed by atoms with Crippen molar-refractivity contribution in [3.8, 4) is 0 Å². The topological polar surface area (TPSA) is 50.7 Å². The summed E-state index contributed by atoms with van der Waals surface area (Å²) in [5.41, 5.74) is 2.35. The van der Waals surface area contributed by atoms with Gasteiger partial charge in [-0.2, -0.15) is 0 Å². The van der Waals surface area contributed by atoms with Crippen LogP contribution in [0.15, 0.2) is 59.8 Å². The highest BCUT2D eigenvalue weighted by Gasteiger charge is 2.27. The second-order valence-corrected chi connectivity index (χ2v) is 8.47. The number of carbonyl (C=O) groups excluding carboxylic acids is 1. The quantitative estimate of drug-likeness (QED) is 0.517. The van der Waals surface area contributed by atoms with Gasteiger partial charge < -0.3 is 10.2 Å². The number of alkyl halides is 1. The zero-order chi connectivity index (χ0) is 20.8. The van der Waals surface area contributed by atoms with Gasteiger partial charge in [-0.15, -0.1) is 0 Å². The van der Waals surface area contributed by atoms with Crippen molar-refractivity contribution in [3.63, 3.8) is 0 Å². The largest absolute Gasteiger partial charge is 0.385 e. The Hall–Kier alpha value is -2.69. The van der Waals surface area contributed by atoms with Crippen molar-refractivity contribution in [1.82, 2.24) is 0 Å². The predicted molar refractivity (Wildman–Crippen MR) is 112 cm³/mol. The standard InChI is InChI=1S/C23H29FN2O2/c1-22(2,3)18-11-13-19(14-12-18)25-20(27)15-28-26-21(23(4,5)16-24)17-9-7-6-8-10-17/h6-14H,15-16H2,1-5H3,(H,25,27)/b26-21+. The van der Waals surface area contributed by atoms with Gasteiger partial charge in [0.05, 0.1) is 5.71 Å². The monoisotopic (exact) mass is 384 g/mol. The van der Waals surface area contributed by atoms with Crippen LogP contribution in [-0.2, 0) is 15.0 Å². The maximum absolute atomic E-state index is 13.5. The van der Waals surface area contributed by atoms with Gasteiger partial charge in [0.2, 0.25) is 0 Å². The molecule has 0 fully saturated rings. The second-order valence-electron chi connectivity index (χ2n) is 8.47. The van der Waals surface area contributed by atoms with Crippen molar-refractivity contribution < 1.29 is 14.0 Å². The minimum Gasteiger partial charge on any atom is -0.385 e. The third kappa shape index (κ3) is 5.91. The lowest BCUT2D eigenvalue weighted by atomic mass is 9.85. The van der Waals surface area contributed by atoms with Crippen LogP contribution in [0.25, 0.3) is 0 Å². The van der Waals surface area contributed by atoms with Crippen LogP contribution in [0.4, 0.5) is 10.1 Å². The number of nitrogens with zero attached hydrogens (tertiary/aromatic N) is 1. The van der Waals surface area contributed by atoms with E-state index in [1.165, 1.54) is 5.56 Å². The molecule has 0 aliphatic carbocycles. The fourth-order valence-corrected chi connectivity index (χ4v) is 2.63. The van der Waals surface area contributed by atoms with Crippen LogP contribution in [-0.4, -0.2) is 24.9 Å². The van der Waals surface area contributed by atoms with E-state index in [0.717, 1.165) is 5.56 Å². The highest BCUT2D eigenvalue weighted by molar-refractivity contribution is 6.04. The first kappa shape index (κ1) is 21.6. The molecule has 0 heterocycles. The molecule has 150 valence electrons. The molecule has 0 atom stereocenters. The Balaban J connectivity index is 2.02. The average molecular weight is 384 g/mol. The number of hydrogen-bond donors (Lipinski definition) is 1. The summed E-state index contributed by atoms with van der Waals surface area (Å²) in [5, 5.41) is 6.86. The van der Waals surface area contributed by atoms with Crippen LogP contribution in [0, 0.1) is 5.41 Å². The van der Waals surface area contributed by atoms with Crippen molar-refractivity contribution in [2.45, 2.75) is 40.0 Å². The maximum Gasteiger partial charge on any atom is 0.265 e. The number of carbonyl (C=O) groups is 1. The molecule has 2 rings (SSSR count). The van der Waals surface area contributed by atoms with Gasteiger partial charge >= 0.3 is 0 Å². The van der Waals surface area contributed by atoms with Crippen LogP contribution in [0.2, 0.25) is 0 Å². The van der Waals surface area contributed by atoms with E-state index in [4.69, 9.17) is 4.84 Å². The van der Waals surface area contributed by atoms with E-state index in [9.17, 15) is 9.18 Å². The van der Waals surface area contributed by atoms with Gasteiger partial charge in [0.25, 0.3) is 5.91 Å². The van der Waals surface area contributed by atoms with Crippen molar-refractivity contribution >= 4 is 17.3 Å². The molecule has 1 amide bonds. The highest BCUT2D eigenvalue weighted by atomic mass is 19.1. The number of rotatable bonds is 7. The number of benzene rings is 2. The summed E-state index contributed by atoms with van der Waals surface area (Å²) >= 11 is 0. The van der Waals surface area contributed by atoms with E-state index in [0.29, 0.717) is 11.4 Å². The smallest absolute Gasteiger partial charge is 0.265 e. The second kappa shape index (κ2) is 9.00. The summed E-state index contributed by atoms with van der Waals surface area (Å²) in [6, 6.07) is 17.0. The van der Waals surface area contributed by atoms with E-state index in [2.05, 4.69) is 31.2 Å².